The topological polar surface area (TPSA) is 50.2 Å². The Labute approximate surface area is 97.2 Å². The standard InChI is InChI=1S/C8H5BrClF2NO2/c9-1-3-2-13-6(10)5(7(11)12)4(3)8(14)15/h2,7H,1H2,(H,14,15). The van der Waals surface area contributed by atoms with E-state index in [0.717, 1.165) is 6.20 Å². The third-order valence-electron chi connectivity index (χ3n) is 1.72. The van der Waals surface area contributed by atoms with E-state index in [-0.39, 0.29) is 10.9 Å². The number of hydrogen-bond donors (Lipinski definition) is 1. The van der Waals surface area contributed by atoms with Crippen LogP contribution in [0, 0.1) is 0 Å². The van der Waals surface area contributed by atoms with Gasteiger partial charge < -0.3 is 5.11 Å². The molecule has 1 heterocycles. The van der Waals surface area contributed by atoms with Crippen LogP contribution in [-0.2, 0) is 5.33 Å². The van der Waals surface area contributed by atoms with Gasteiger partial charge in [-0.1, -0.05) is 27.5 Å². The fourth-order valence-electron chi connectivity index (χ4n) is 1.10. The highest BCUT2D eigenvalue weighted by Gasteiger charge is 2.25. The first-order valence-corrected chi connectivity index (χ1v) is 5.23. The summed E-state index contributed by atoms with van der Waals surface area (Å²) >= 11 is 8.42. The number of rotatable bonds is 3. The Hall–Kier alpha value is -0.750. The molecule has 0 spiro atoms. The molecular formula is C8H5BrClF2NO2. The lowest BCUT2D eigenvalue weighted by Gasteiger charge is -2.09. The van der Waals surface area contributed by atoms with Gasteiger partial charge in [-0.3, -0.25) is 0 Å². The maximum absolute atomic E-state index is 12.6. The highest BCUT2D eigenvalue weighted by molar-refractivity contribution is 9.08. The Morgan fingerprint density at radius 2 is 2.27 bits per heavy atom. The molecule has 1 rings (SSSR count). The van der Waals surface area contributed by atoms with E-state index in [1.165, 1.54) is 0 Å². The summed E-state index contributed by atoms with van der Waals surface area (Å²) in [5, 5.41) is 8.45. The third kappa shape index (κ3) is 2.43. The van der Waals surface area contributed by atoms with Gasteiger partial charge in [-0.2, -0.15) is 0 Å². The predicted octanol–water partition coefficient (Wildman–Crippen LogP) is 3.27. The molecule has 0 aliphatic rings. The zero-order valence-electron chi connectivity index (χ0n) is 7.18. The number of carbonyl (C=O) groups is 1. The van der Waals surface area contributed by atoms with Gasteiger partial charge in [0.15, 0.2) is 0 Å². The lowest BCUT2D eigenvalue weighted by Crippen LogP contribution is -2.09. The number of carboxylic acids is 1. The van der Waals surface area contributed by atoms with Crippen LogP contribution in [0.15, 0.2) is 6.20 Å². The van der Waals surface area contributed by atoms with Crippen molar-refractivity contribution in [1.29, 1.82) is 0 Å². The molecule has 1 aromatic heterocycles. The first kappa shape index (κ1) is 12.3. The summed E-state index contributed by atoms with van der Waals surface area (Å²) in [6.07, 6.45) is -1.80. The number of alkyl halides is 3. The number of pyridine rings is 1. The van der Waals surface area contributed by atoms with Crippen molar-refractivity contribution >= 4 is 33.5 Å². The van der Waals surface area contributed by atoms with E-state index in [4.69, 9.17) is 16.7 Å². The van der Waals surface area contributed by atoms with Crippen molar-refractivity contribution in [3.8, 4) is 0 Å². The molecule has 1 aromatic rings. The molecular weight excluding hydrogens is 295 g/mol. The monoisotopic (exact) mass is 299 g/mol. The molecule has 82 valence electrons. The van der Waals surface area contributed by atoms with E-state index < -0.39 is 28.7 Å². The minimum Gasteiger partial charge on any atom is -0.478 e. The van der Waals surface area contributed by atoms with Gasteiger partial charge in [0.05, 0.1) is 11.1 Å². The average Bonchev–Trinajstić information content (AvgIpc) is 2.16. The Bertz CT molecular complexity index is 400. The Kier molecular flexibility index (Phi) is 3.98. The van der Waals surface area contributed by atoms with Crippen LogP contribution in [0.5, 0.6) is 0 Å². The molecule has 0 bridgehead atoms. The maximum Gasteiger partial charge on any atom is 0.336 e. The van der Waals surface area contributed by atoms with Crippen molar-refractivity contribution in [3.05, 3.63) is 28.0 Å². The maximum atomic E-state index is 12.6. The molecule has 0 aliphatic carbocycles. The van der Waals surface area contributed by atoms with Gasteiger partial charge >= 0.3 is 5.97 Å². The summed E-state index contributed by atoms with van der Waals surface area (Å²) in [5.41, 5.74) is -1.05. The van der Waals surface area contributed by atoms with E-state index in [0.29, 0.717) is 0 Å². The van der Waals surface area contributed by atoms with Crippen LogP contribution in [0.4, 0.5) is 8.78 Å². The lowest BCUT2D eigenvalue weighted by atomic mass is 10.1. The fourth-order valence-corrected chi connectivity index (χ4v) is 1.75. The molecule has 0 amide bonds. The summed E-state index contributed by atoms with van der Waals surface area (Å²) < 4.78 is 25.1. The SMILES string of the molecule is O=C(O)c1c(CBr)cnc(Cl)c1C(F)F. The minimum atomic E-state index is -2.96. The molecule has 0 saturated heterocycles. The second-order valence-electron chi connectivity index (χ2n) is 2.60. The molecule has 0 saturated carbocycles. The molecule has 0 aromatic carbocycles. The summed E-state index contributed by atoms with van der Waals surface area (Å²) in [5.74, 6) is -1.44. The zero-order chi connectivity index (χ0) is 11.6. The summed E-state index contributed by atoms with van der Waals surface area (Å²) in [4.78, 5) is 14.3. The largest absolute Gasteiger partial charge is 0.478 e. The van der Waals surface area contributed by atoms with Crippen molar-refractivity contribution in [1.82, 2.24) is 4.98 Å². The lowest BCUT2D eigenvalue weighted by molar-refractivity contribution is 0.0683. The van der Waals surface area contributed by atoms with Crippen LogP contribution in [0.3, 0.4) is 0 Å². The third-order valence-corrected chi connectivity index (χ3v) is 2.63. The Morgan fingerprint density at radius 1 is 1.67 bits per heavy atom. The number of aromatic nitrogens is 1. The van der Waals surface area contributed by atoms with Crippen LogP contribution < -0.4 is 0 Å². The van der Waals surface area contributed by atoms with Crippen molar-refractivity contribution in [3.63, 3.8) is 0 Å². The van der Waals surface area contributed by atoms with E-state index in [1.54, 1.807) is 0 Å². The molecule has 0 fully saturated rings. The number of halogens is 4. The van der Waals surface area contributed by atoms with Crippen molar-refractivity contribution in [2.75, 3.05) is 0 Å². The van der Waals surface area contributed by atoms with Gasteiger partial charge in [-0.25, -0.2) is 18.6 Å². The van der Waals surface area contributed by atoms with Crippen LogP contribution in [-0.4, -0.2) is 16.1 Å². The van der Waals surface area contributed by atoms with Crippen molar-refractivity contribution in [2.24, 2.45) is 0 Å². The molecule has 7 heteroatoms. The Balaban J connectivity index is 3.51. The van der Waals surface area contributed by atoms with E-state index in [2.05, 4.69) is 20.9 Å². The minimum absolute atomic E-state index is 0.124. The van der Waals surface area contributed by atoms with Gasteiger partial charge in [0.2, 0.25) is 0 Å². The summed E-state index contributed by atoms with van der Waals surface area (Å²) in [6, 6.07) is 0. The Morgan fingerprint density at radius 3 is 2.67 bits per heavy atom. The van der Waals surface area contributed by atoms with Crippen LogP contribution >= 0.6 is 27.5 Å². The first-order valence-electron chi connectivity index (χ1n) is 3.73. The zero-order valence-corrected chi connectivity index (χ0v) is 9.52. The van der Waals surface area contributed by atoms with Gasteiger partial charge in [-0.15, -0.1) is 0 Å². The van der Waals surface area contributed by atoms with Crippen LogP contribution in [0.2, 0.25) is 5.15 Å². The predicted molar refractivity (Wildman–Crippen MR) is 53.8 cm³/mol. The van der Waals surface area contributed by atoms with Crippen molar-refractivity contribution in [2.45, 2.75) is 11.8 Å². The fraction of sp³-hybridized carbons (Fsp3) is 0.250. The normalized spacial score (nSPS) is 10.7. The van der Waals surface area contributed by atoms with Crippen LogP contribution in [0.25, 0.3) is 0 Å². The molecule has 0 radical (unpaired) electrons. The quantitative estimate of drug-likeness (QED) is 0.688. The van der Waals surface area contributed by atoms with Gasteiger partial charge in [-0.05, 0) is 5.56 Å². The van der Waals surface area contributed by atoms with Gasteiger partial charge in [0.25, 0.3) is 6.43 Å². The van der Waals surface area contributed by atoms with E-state index >= 15 is 0 Å². The number of hydrogen-bond acceptors (Lipinski definition) is 2. The average molecular weight is 300 g/mol. The van der Waals surface area contributed by atoms with Crippen LogP contribution in [0.1, 0.15) is 27.9 Å². The van der Waals surface area contributed by atoms with E-state index in [9.17, 15) is 13.6 Å². The van der Waals surface area contributed by atoms with E-state index in [1.807, 2.05) is 0 Å². The highest BCUT2D eigenvalue weighted by Crippen LogP contribution is 2.31. The molecule has 3 nitrogen and oxygen atoms in total. The highest BCUT2D eigenvalue weighted by atomic mass is 79.9. The number of aromatic carboxylic acids is 1. The smallest absolute Gasteiger partial charge is 0.336 e. The van der Waals surface area contributed by atoms with Gasteiger partial charge in [0, 0.05) is 11.5 Å². The molecule has 0 atom stereocenters. The number of nitrogens with zero attached hydrogens (tertiary/aromatic N) is 1. The second kappa shape index (κ2) is 4.85. The molecule has 0 unspecified atom stereocenters. The summed E-state index contributed by atoms with van der Waals surface area (Å²) in [7, 11) is 0. The van der Waals surface area contributed by atoms with Gasteiger partial charge in [0.1, 0.15) is 5.15 Å². The first-order chi connectivity index (χ1) is 6.99. The molecule has 0 aliphatic heterocycles. The molecule has 15 heavy (non-hydrogen) atoms. The second-order valence-corrected chi connectivity index (χ2v) is 3.52. The molecule has 1 N–H and O–H groups in total. The summed E-state index contributed by atoms with van der Waals surface area (Å²) in [6.45, 7) is 0. The number of carboxylic acid groups (broad SMARTS) is 1. The van der Waals surface area contributed by atoms with Crippen molar-refractivity contribution < 1.29 is 18.7 Å².